The van der Waals surface area contributed by atoms with Crippen LogP contribution in [0.3, 0.4) is 0 Å². The van der Waals surface area contributed by atoms with Gasteiger partial charge in [0.2, 0.25) is 0 Å². The molecular weight excluding hydrogens is 112 g/mol. The van der Waals surface area contributed by atoms with Crippen molar-refractivity contribution in [3.63, 3.8) is 0 Å². The quantitative estimate of drug-likeness (QED) is 0.356. The van der Waals surface area contributed by atoms with Crippen LogP contribution in [-0.2, 0) is 8.67 Å². The van der Waals surface area contributed by atoms with E-state index in [0.29, 0.717) is 0 Å². The van der Waals surface area contributed by atoms with Crippen LogP contribution in [0.25, 0.3) is 0 Å². The smallest absolute Gasteiger partial charge is 0.0439 e. The van der Waals surface area contributed by atoms with Gasteiger partial charge in [-0.25, -0.2) is 0 Å². The molecule has 1 spiro atoms. The molecule has 0 aromatic rings. The number of rotatable bonds is 0. The SMILES string of the molecule is C1CCS2(C1)OO2. The zero-order valence-corrected chi connectivity index (χ0v) is 4.87. The Labute approximate surface area is 44.5 Å². The molecule has 0 aromatic heterocycles. The van der Waals surface area contributed by atoms with E-state index in [0.717, 1.165) is 0 Å². The summed E-state index contributed by atoms with van der Waals surface area (Å²) < 4.78 is 9.68. The predicted octanol–water partition coefficient (Wildman–Crippen LogP) is 1.38. The molecule has 2 saturated heterocycles. The highest BCUT2D eigenvalue weighted by atomic mass is 32.3. The molecule has 7 heavy (non-hydrogen) atoms. The molecular formula is C4H8O2S. The normalized spacial score (nSPS) is 38.9. The molecule has 0 unspecified atom stereocenters. The highest BCUT2D eigenvalue weighted by Gasteiger charge is 2.41. The van der Waals surface area contributed by atoms with Crippen LogP contribution < -0.4 is 0 Å². The van der Waals surface area contributed by atoms with Crippen LogP contribution in [0.4, 0.5) is 0 Å². The second-order valence-corrected chi connectivity index (χ2v) is 4.57. The second-order valence-electron chi connectivity index (χ2n) is 2.00. The summed E-state index contributed by atoms with van der Waals surface area (Å²) in [6.45, 7) is 0. The summed E-state index contributed by atoms with van der Waals surface area (Å²) in [5.41, 5.74) is 0. The first kappa shape index (κ1) is 4.18. The highest BCUT2D eigenvalue weighted by Crippen LogP contribution is 2.69. The zero-order valence-electron chi connectivity index (χ0n) is 4.05. The molecule has 0 N–H and O–H groups in total. The van der Waals surface area contributed by atoms with Crippen molar-refractivity contribution in [2.75, 3.05) is 11.5 Å². The molecule has 2 fully saturated rings. The average Bonchev–Trinajstić information content (AvgIpc) is 2.15. The standard InChI is InChI=1S/C4H8O2S/c1-2-4-7(3-1)5-6-7/h1-4H2. The summed E-state index contributed by atoms with van der Waals surface area (Å²) in [5, 5.41) is 0. The Hall–Kier alpha value is 0.270. The molecule has 0 atom stereocenters. The van der Waals surface area contributed by atoms with Gasteiger partial charge in [-0.1, -0.05) is 0 Å². The van der Waals surface area contributed by atoms with Gasteiger partial charge < -0.3 is 0 Å². The Kier molecular flexibility index (Phi) is 0.690. The van der Waals surface area contributed by atoms with Crippen molar-refractivity contribution in [1.82, 2.24) is 0 Å². The fourth-order valence-corrected chi connectivity index (χ4v) is 3.00. The third-order valence-corrected chi connectivity index (χ3v) is 3.76. The summed E-state index contributed by atoms with van der Waals surface area (Å²) in [6.07, 6.45) is 2.63. The fraction of sp³-hybridized carbons (Fsp3) is 1.00. The number of hydrogen-bond donors (Lipinski definition) is 0. The second kappa shape index (κ2) is 1.16. The van der Waals surface area contributed by atoms with Gasteiger partial charge in [-0.15, -0.1) is 19.3 Å². The van der Waals surface area contributed by atoms with Crippen LogP contribution in [0, 0.1) is 0 Å². The molecule has 0 amide bonds. The Morgan fingerprint density at radius 2 is 1.57 bits per heavy atom. The fourth-order valence-electron chi connectivity index (χ4n) is 0.921. The maximum atomic E-state index is 4.84. The van der Waals surface area contributed by atoms with Crippen LogP contribution in [0.5, 0.6) is 0 Å². The van der Waals surface area contributed by atoms with E-state index in [2.05, 4.69) is 0 Å². The number of hydrogen-bond acceptors (Lipinski definition) is 2. The van der Waals surface area contributed by atoms with Crippen molar-refractivity contribution in [2.45, 2.75) is 12.8 Å². The third-order valence-electron chi connectivity index (χ3n) is 1.42. The van der Waals surface area contributed by atoms with Gasteiger partial charge in [-0.2, -0.15) is 0 Å². The van der Waals surface area contributed by atoms with E-state index in [-0.39, 0.29) is 0 Å². The largest absolute Gasteiger partial charge is 0.127 e. The Balaban J connectivity index is 2.07. The lowest BCUT2D eigenvalue weighted by molar-refractivity contribution is 0.0850. The topological polar surface area (TPSA) is 25.1 Å². The van der Waals surface area contributed by atoms with Gasteiger partial charge in [-0.3, -0.25) is 0 Å². The van der Waals surface area contributed by atoms with E-state index < -0.39 is 10.6 Å². The molecule has 2 aliphatic rings. The average molecular weight is 120 g/mol. The van der Waals surface area contributed by atoms with Crippen molar-refractivity contribution in [3.05, 3.63) is 0 Å². The van der Waals surface area contributed by atoms with E-state index in [1.807, 2.05) is 0 Å². The highest BCUT2D eigenvalue weighted by molar-refractivity contribution is 8.29. The van der Waals surface area contributed by atoms with Crippen LogP contribution in [0.15, 0.2) is 0 Å². The van der Waals surface area contributed by atoms with Gasteiger partial charge in [0.15, 0.2) is 0 Å². The summed E-state index contributed by atoms with van der Waals surface area (Å²) >= 11 is 0. The minimum absolute atomic E-state index is 0.796. The Morgan fingerprint density at radius 1 is 1.00 bits per heavy atom. The van der Waals surface area contributed by atoms with E-state index in [1.54, 1.807) is 0 Å². The lowest BCUT2D eigenvalue weighted by Crippen LogP contribution is -1.75. The van der Waals surface area contributed by atoms with Gasteiger partial charge in [0.05, 0.1) is 0 Å². The van der Waals surface area contributed by atoms with Crippen LogP contribution in [0.1, 0.15) is 12.8 Å². The van der Waals surface area contributed by atoms with Crippen LogP contribution in [-0.4, -0.2) is 11.5 Å². The zero-order chi connectivity index (χ0) is 4.74. The first-order valence-electron chi connectivity index (χ1n) is 2.58. The lowest BCUT2D eigenvalue weighted by atomic mass is 10.4. The van der Waals surface area contributed by atoms with E-state index in [4.69, 9.17) is 8.67 Å². The molecule has 2 nitrogen and oxygen atoms in total. The molecule has 0 aliphatic carbocycles. The minimum atomic E-state index is -0.796. The molecule has 3 heteroatoms. The summed E-state index contributed by atoms with van der Waals surface area (Å²) in [7, 11) is -0.796. The van der Waals surface area contributed by atoms with Gasteiger partial charge >= 0.3 is 0 Å². The molecule has 42 valence electrons. The Bertz CT molecular complexity index is 81.7. The lowest BCUT2D eigenvalue weighted by Gasteiger charge is -1.99. The minimum Gasteiger partial charge on any atom is -0.127 e. The van der Waals surface area contributed by atoms with Crippen molar-refractivity contribution in [2.24, 2.45) is 0 Å². The van der Waals surface area contributed by atoms with Crippen LogP contribution in [0.2, 0.25) is 0 Å². The van der Waals surface area contributed by atoms with E-state index in [9.17, 15) is 0 Å². The molecule has 2 aliphatic heterocycles. The van der Waals surface area contributed by atoms with Gasteiger partial charge in [0.25, 0.3) is 0 Å². The maximum Gasteiger partial charge on any atom is 0.0439 e. The molecule has 0 bridgehead atoms. The van der Waals surface area contributed by atoms with Crippen molar-refractivity contribution < 1.29 is 8.67 Å². The first-order chi connectivity index (χ1) is 3.41. The molecule has 0 aromatic carbocycles. The summed E-state index contributed by atoms with van der Waals surface area (Å²) in [6, 6.07) is 0. The van der Waals surface area contributed by atoms with E-state index >= 15 is 0 Å². The summed E-state index contributed by atoms with van der Waals surface area (Å²) in [4.78, 5) is 0. The molecule has 0 saturated carbocycles. The Morgan fingerprint density at radius 3 is 1.86 bits per heavy atom. The molecule has 2 heterocycles. The van der Waals surface area contributed by atoms with Gasteiger partial charge in [0.1, 0.15) is 0 Å². The first-order valence-corrected chi connectivity index (χ1v) is 4.40. The predicted molar refractivity (Wildman–Crippen MR) is 28.7 cm³/mol. The monoisotopic (exact) mass is 120 g/mol. The van der Waals surface area contributed by atoms with Crippen LogP contribution >= 0.6 is 10.6 Å². The van der Waals surface area contributed by atoms with Crippen molar-refractivity contribution in [1.29, 1.82) is 0 Å². The third kappa shape index (κ3) is 0.561. The molecule has 0 radical (unpaired) electrons. The summed E-state index contributed by atoms with van der Waals surface area (Å²) in [5.74, 6) is 2.40. The van der Waals surface area contributed by atoms with Gasteiger partial charge in [0, 0.05) is 11.5 Å². The van der Waals surface area contributed by atoms with Crippen molar-refractivity contribution >= 4 is 10.6 Å². The molecule has 2 rings (SSSR count). The van der Waals surface area contributed by atoms with Crippen molar-refractivity contribution in [3.8, 4) is 0 Å². The van der Waals surface area contributed by atoms with Gasteiger partial charge in [-0.05, 0) is 12.8 Å². The maximum absolute atomic E-state index is 4.84. The van der Waals surface area contributed by atoms with E-state index in [1.165, 1.54) is 24.3 Å².